The maximum atomic E-state index is 13.4. The summed E-state index contributed by atoms with van der Waals surface area (Å²) < 4.78 is 26.8. The van der Waals surface area contributed by atoms with Gasteiger partial charge in [0.15, 0.2) is 5.17 Å². The summed E-state index contributed by atoms with van der Waals surface area (Å²) in [5.74, 6) is -3.25. The van der Waals surface area contributed by atoms with Crippen LogP contribution >= 0.6 is 11.8 Å². The van der Waals surface area contributed by atoms with E-state index in [9.17, 15) is 13.6 Å². The number of thioether (sulfide) groups is 1. The molecule has 0 unspecified atom stereocenters. The number of hydrogen-bond acceptors (Lipinski definition) is 3. The first-order chi connectivity index (χ1) is 7.91. The fourth-order valence-corrected chi connectivity index (χ4v) is 2.37. The summed E-state index contributed by atoms with van der Waals surface area (Å²) in [5.41, 5.74) is -0.138. The van der Waals surface area contributed by atoms with Crippen LogP contribution in [0.1, 0.15) is 12.5 Å². The van der Waals surface area contributed by atoms with Crippen molar-refractivity contribution < 1.29 is 13.6 Å². The average Bonchev–Trinajstić information content (AvgIpc) is 2.57. The van der Waals surface area contributed by atoms with Crippen molar-refractivity contribution in [3.8, 4) is 0 Å². The van der Waals surface area contributed by atoms with Gasteiger partial charge in [0, 0.05) is 12.5 Å². The van der Waals surface area contributed by atoms with Gasteiger partial charge in [0.25, 0.3) is 5.92 Å². The lowest BCUT2D eigenvalue weighted by atomic mass is 10.1. The van der Waals surface area contributed by atoms with Crippen LogP contribution in [0.5, 0.6) is 0 Å². The van der Waals surface area contributed by atoms with Crippen molar-refractivity contribution in [2.45, 2.75) is 12.8 Å². The summed E-state index contributed by atoms with van der Waals surface area (Å²) in [6.45, 7) is 0.781. The highest BCUT2D eigenvalue weighted by Crippen LogP contribution is 2.37. The molecule has 1 aromatic carbocycles. The Bertz CT molecular complexity index is 469. The summed E-state index contributed by atoms with van der Waals surface area (Å²) in [4.78, 5) is 12.6. The van der Waals surface area contributed by atoms with Gasteiger partial charge in [-0.3, -0.25) is 15.1 Å². The fourth-order valence-electron chi connectivity index (χ4n) is 1.66. The number of amides is 1. The number of carbonyl (C=O) groups is 1. The van der Waals surface area contributed by atoms with E-state index in [2.05, 4.69) is 0 Å². The lowest BCUT2D eigenvalue weighted by Gasteiger charge is -2.21. The predicted molar refractivity (Wildman–Crippen MR) is 63.7 cm³/mol. The van der Waals surface area contributed by atoms with Crippen LogP contribution < -0.4 is 4.90 Å². The smallest absolute Gasteiger partial charge is 0.272 e. The summed E-state index contributed by atoms with van der Waals surface area (Å²) in [7, 11) is 0. The number of carbonyl (C=O) groups excluding carboxylic acids is 1. The van der Waals surface area contributed by atoms with Crippen LogP contribution in [0.2, 0.25) is 0 Å². The molecular formula is C11H10F2N2OS. The number of hydrogen-bond donors (Lipinski definition) is 1. The second kappa shape index (κ2) is 4.10. The van der Waals surface area contributed by atoms with Crippen molar-refractivity contribution in [3.63, 3.8) is 0 Å². The van der Waals surface area contributed by atoms with Gasteiger partial charge >= 0.3 is 0 Å². The van der Waals surface area contributed by atoms with E-state index >= 15 is 0 Å². The number of nitrogens with zero attached hydrogens (tertiary/aromatic N) is 1. The first kappa shape index (κ1) is 12.0. The Labute approximate surface area is 101 Å². The molecule has 1 N–H and O–H groups in total. The van der Waals surface area contributed by atoms with Crippen molar-refractivity contribution >= 4 is 28.5 Å². The number of rotatable bonds is 2. The minimum atomic E-state index is -3.04. The molecule has 0 aliphatic carbocycles. The van der Waals surface area contributed by atoms with Gasteiger partial charge in [0.2, 0.25) is 5.91 Å². The molecule has 0 bridgehead atoms. The molecule has 6 heteroatoms. The van der Waals surface area contributed by atoms with Crippen LogP contribution in [0.4, 0.5) is 14.5 Å². The zero-order valence-corrected chi connectivity index (χ0v) is 9.85. The molecule has 1 heterocycles. The second-order valence-electron chi connectivity index (χ2n) is 3.73. The SMILES string of the molecule is CC(F)(F)c1ccccc1N1C(=N)SCC1=O. The van der Waals surface area contributed by atoms with Crippen molar-refractivity contribution in [1.82, 2.24) is 0 Å². The molecule has 0 aromatic heterocycles. The van der Waals surface area contributed by atoms with Gasteiger partial charge < -0.3 is 0 Å². The van der Waals surface area contributed by atoms with Gasteiger partial charge in [0.05, 0.1) is 11.4 Å². The maximum absolute atomic E-state index is 13.4. The minimum Gasteiger partial charge on any atom is -0.278 e. The Morgan fingerprint density at radius 1 is 1.41 bits per heavy atom. The number of anilines is 1. The van der Waals surface area contributed by atoms with Crippen LogP contribution in [0.3, 0.4) is 0 Å². The Morgan fingerprint density at radius 3 is 2.59 bits per heavy atom. The molecule has 1 fully saturated rings. The third kappa shape index (κ3) is 2.17. The van der Waals surface area contributed by atoms with Gasteiger partial charge in [-0.15, -0.1) is 0 Å². The third-order valence-electron chi connectivity index (χ3n) is 2.40. The molecule has 3 nitrogen and oxygen atoms in total. The molecule has 1 amide bonds. The molecule has 0 saturated carbocycles. The normalized spacial score (nSPS) is 16.8. The molecule has 1 saturated heterocycles. The number of nitrogens with one attached hydrogen (secondary N) is 1. The predicted octanol–water partition coefficient (Wildman–Crippen LogP) is 2.81. The van der Waals surface area contributed by atoms with Gasteiger partial charge in [-0.2, -0.15) is 0 Å². The standard InChI is InChI=1S/C11H10F2N2OS/c1-11(12,13)7-4-2-3-5-8(7)15-9(16)6-17-10(15)14/h2-5,14H,6H2,1H3. The van der Waals surface area contributed by atoms with Gasteiger partial charge in [-0.05, 0) is 6.07 Å². The lowest BCUT2D eigenvalue weighted by molar-refractivity contribution is -0.115. The first-order valence-corrected chi connectivity index (χ1v) is 5.91. The summed E-state index contributed by atoms with van der Waals surface area (Å²) in [6.07, 6.45) is 0. The van der Waals surface area contributed by atoms with Crippen molar-refractivity contribution in [3.05, 3.63) is 29.8 Å². The summed E-state index contributed by atoms with van der Waals surface area (Å²) in [5, 5.41) is 7.59. The number of alkyl halides is 2. The number of para-hydroxylation sites is 1. The topological polar surface area (TPSA) is 44.2 Å². The molecule has 90 valence electrons. The summed E-state index contributed by atoms with van der Waals surface area (Å²) >= 11 is 1.04. The quantitative estimate of drug-likeness (QED) is 0.884. The molecule has 17 heavy (non-hydrogen) atoms. The number of amidine groups is 1. The molecule has 0 radical (unpaired) electrons. The number of halogens is 2. The lowest BCUT2D eigenvalue weighted by Crippen LogP contribution is -2.30. The van der Waals surface area contributed by atoms with Gasteiger partial charge in [-0.1, -0.05) is 30.0 Å². The van der Waals surface area contributed by atoms with Crippen LogP contribution in [-0.2, 0) is 10.7 Å². The maximum Gasteiger partial charge on any atom is 0.272 e. The van der Waals surface area contributed by atoms with Gasteiger partial charge in [-0.25, -0.2) is 8.78 Å². The van der Waals surface area contributed by atoms with E-state index in [1.165, 1.54) is 18.2 Å². The van der Waals surface area contributed by atoms with Crippen LogP contribution in [0.25, 0.3) is 0 Å². The molecular weight excluding hydrogens is 246 g/mol. The largest absolute Gasteiger partial charge is 0.278 e. The van der Waals surface area contributed by atoms with E-state index in [-0.39, 0.29) is 28.1 Å². The first-order valence-electron chi connectivity index (χ1n) is 4.93. The minimum absolute atomic E-state index is 0.00769. The van der Waals surface area contributed by atoms with E-state index in [0.29, 0.717) is 0 Å². The highest BCUT2D eigenvalue weighted by molar-refractivity contribution is 8.15. The van der Waals surface area contributed by atoms with E-state index in [1.54, 1.807) is 6.07 Å². The monoisotopic (exact) mass is 256 g/mol. The molecule has 0 atom stereocenters. The number of benzene rings is 1. The van der Waals surface area contributed by atoms with Crippen molar-refractivity contribution in [2.75, 3.05) is 10.7 Å². The van der Waals surface area contributed by atoms with Crippen molar-refractivity contribution in [1.29, 1.82) is 5.41 Å². The zero-order chi connectivity index (χ0) is 12.6. The molecule has 1 aliphatic rings. The highest BCUT2D eigenvalue weighted by Gasteiger charge is 2.35. The van der Waals surface area contributed by atoms with E-state index < -0.39 is 5.92 Å². The third-order valence-corrected chi connectivity index (χ3v) is 3.25. The molecule has 1 aliphatic heterocycles. The Hall–Kier alpha value is -1.43. The van der Waals surface area contributed by atoms with Crippen LogP contribution in [0.15, 0.2) is 24.3 Å². The molecule has 0 spiro atoms. The van der Waals surface area contributed by atoms with E-state index in [4.69, 9.17) is 5.41 Å². The molecule has 2 rings (SSSR count). The fraction of sp³-hybridized carbons (Fsp3) is 0.273. The summed E-state index contributed by atoms with van der Waals surface area (Å²) in [6, 6.07) is 5.78. The van der Waals surface area contributed by atoms with Crippen LogP contribution in [-0.4, -0.2) is 16.8 Å². The Morgan fingerprint density at radius 2 is 2.06 bits per heavy atom. The average molecular weight is 256 g/mol. The van der Waals surface area contributed by atoms with Crippen molar-refractivity contribution in [2.24, 2.45) is 0 Å². The Balaban J connectivity index is 2.52. The Kier molecular flexibility index (Phi) is 2.91. The zero-order valence-electron chi connectivity index (χ0n) is 9.04. The van der Waals surface area contributed by atoms with E-state index in [1.807, 2.05) is 0 Å². The molecule has 1 aromatic rings. The van der Waals surface area contributed by atoms with E-state index in [0.717, 1.165) is 23.6 Å². The highest BCUT2D eigenvalue weighted by atomic mass is 32.2. The second-order valence-corrected chi connectivity index (χ2v) is 4.69. The van der Waals surface area contributed by atoms with Crippen LogP contribution in [0, 0.1) is 5.41 Å². The van der Waals surface area contributed by atoms with Gasteiger partial charge in [0.1, 0.15) is 0 Å².